The second-order valence-electron chi connectivity index (χ2n) is 5.48. The van der Waals surface area contributed by atoms with Crippen LogP contribution in [0.3, 0.4) is 0 Å². The average molecular weight is 413 g/mol. The number of benzene rings is 2. The number of rotatable bonds is 7. The van der Waals surface area contributed by atoms with Gasteiger partial charge in [-0.25, -0.2) is 0 Å². The zero-order chi connectivity index (χ0) is 16.9. The van der Waals surface area contributed by atoms with Gasteiger partial charge in [-0.2, -0.15) is 0 Å². The van der Waals surface area contributed by atoms with Crippen LogP contribution >= 0.6 is 27.5 Å². The van der Waals surface area contributed by atoms with E-state index in [2.05, 4.69) is 21.2 Å². The SMILES string of the molecule is CCOc1ccc(COc2ccc(Br)cc2OC2CNC2)cc1Cl. The summed E-state index contributed by atoms with van der Waals surface area (Å²) in [6, 6.07) is 11.4. The molecule has 0 radical (unpaired) electrons. The molecular weight excluding hydrogens is 394 g/mol. The summed E-state index contributed by atoms with van der Waals surface area (Å²) in [6.07, 6.45) is 0.196. The minimum Gasteiger partial charge on any atom is -0.492 e. The van der Waals surface area contributed by atoms with Crippen LogP contribution in [0.4, 0.5) is 0 Å². The van der Waals surface area contributed by atoms with Gasteiger partial charge in [-0.3, -0.25) is 0 Å². The number of halogens is 2. The molecule has 1 fully saturated rings. The molecule has 0 aromatic heterocycles. The molecule has 4 nitrogen and oxygen atoms in total. The molecule has 0 amide bonds. The van der Waals surface area contributed by atoms with Crippen LogP contribution in [-0.2, 0) is 6.61 Å². The molecule has 6 heteroatoms. The van der Waals surface area contributed by atoms with E-state index in [0.717, 1.165) is 34.6 Å². The Morgan fingerprint density at radius 1 is 1.08 bits per heavy atom. The van der Waals surface area contributed by atoms with E-state index in [9.17, 15) is 0 Å². The van der Waals surface area contributed by atoms with Crippen LogP contribution in [0.15, 0.2) is 40.9 Å². The fourth-order valence-electron chi connectivity index (χ4n) is 2.29. The lowest BCUT2D eigenvalue weighted by Gasteiger charge is -2.28. The molecule has 1 heterocycles. The lowest BCUT2D eigenvalue weighted by Crippen LogP contribution is -2.50. The highest BCUT2D eigenvalue weighted by Crippen LogP contribution is 2.33. The van der Waals surface area contributed by atoms with Crippen molar-refractivity contribution >= 4 is 27.5 Å². The highest BCUT2D eigenvalue weighted by molar-refractivity contribution is 9.10. The van der Waals surface area contributed by atoms with Gasteiger partial charge in [0.25, 0.3) is 0 Å². The normalized spacial score (nSPS) is 14.1. The van der Waals surface area contributed by atoms with E-state index in [0.29, 0.717) is 24.0 Å². The molecule has 0 saturated carbocycles. The van der Waals surface area contributed by atoms with E-state index >= 15 is 0 Å². The summed E-state index contributed by atoms with van der Waals surface area (Å²) < 4.78 is 18.3. The lowest BCUT2D eigenvalue weighted by molar-refractivity contribution is 0.134. The van der Waals surface area contributed by atoms with Crippen molar-refractivity contribution in [3.8, 4) is 17.2 Å². The van der Waals surface area contributed by atoms with Crippen molar-refractivity contribution in [1.82, 2.24) is 5.32 Å². The van der Waals surface area contributed by atoms with Crippen LogP contribution in [0.2, 0.25) is 5.02 Å². The third kappa shape index (κ3) is 4.35. The second kappa shape index (κ2) is 8.10. The van der Waals surface area contributed by atoms with Crippen molar-refractivity contribution in [2.24, 2.45) is 0 Å². The Hall–Kier alpha value is -1.43. The van der Waals surface area contributed by atoms with Crippen molar-refractivity contribution in [3.63, 3.8) is 0 Å². The Balaban J connectivity index is 1.68. The molecule has 3 rings (SSSR count). The van der Waals surface area contributed by atoms with E-state index in [4.69, 9.17) is 25.8 Å². The molecule has 1 aliphatic heterocycles. The van der Waals surface area contributed by atoms with Gasteiger partial charge in [0.2, 0.25) is 0 Å². The molecule has 1 N–H and O–H groups in total. The average Bonchev–Trinajstić information content (AvgIpc) is 2.52. The summed E-state index contributed by atoms with van der Waals surface area (Å²) in [7, 11) is 0. The maximum Gasteiger partial charge on any atom is 0.162 e. The molecule has 1 saturated heterocycles. The van der Waals surface area contributed by atoms with Crippen LogP contribution in [0.1, 0.15) is 12.5 Å². The van der Waals surface area contributed by atoms with E-state index in [1.54, 1.807) is 0 Å². The van der Waals surface area contributed by atoms with Gasteiger partial charge in [-0.05, 0) is 42.8 Å². The van der Waals surface area contributed by atoms with E-state index in [1.807, 2.05) is 43.3 Å². The minimum atomic E-state index is 0.196. The third-order valence-electron chi connectivity index (χ3n) is 3.63. The summed E-state index contributed by atoms with van der Waals surface area (Å²) in [5, 5.41) is 3.78. The summed E-state index contributed by atoms with van der Waals surface area (Å²) in [5.41, 5.74) is 0.975. The topological polar surface area (TPSA) is 39.7 Å². The fourth-order valence-corrected chi connectivity index (χ4v) is 2.88. The summed E-state index contributed by atoms with van der Waals surface area (Å²) >= 11 is 9.69. The third-order valence-corrected chi connectivity index (χ3v) is 4.42. The van der Waals surface area contributed by atoms with Gasteiger partial charge in [0.1, 0.15) is 18.5 Å². The number of nitrogens with one attached hydrogen (secondary N) is 1. The van der Waals surface area contributed by atoms with Gasteiger partial charge in [0, 0.05) is 17.6 Å². The number of hydrogen-bond acceptors (Lipinski definition) is 4. The Kier molecular flexibility index (Phi) is 5.87. The zero-order valence-electron chi connectivity index (χ0n) is 13.4. The van der Waals surface area contributed by atoms with Gasteiger partial charge in [-0.15, -0.1) is 0 Å². The van der Waals surface area contributed by atoms with Crippen molar-refractivity contribution in [2.45, 2.75) is 19.6 Å². The Bertz CT molecular complexity index is 707. The van der Waals surface area contributed by atoms with E-state index in [-0.39, 0.29) is 6.10 Å². The fraction of sp³-hybridized carbons (Fsp3) is 0.333. The Morgan fingerprint density at radius 3 is 2.54 bits per heavy atom. The Labute approximate surface area is 155 Å². The first-order valence-electron chi connectivity index (χ1n) is 7.86. The second-order valence-corrected chi connectivity index (χ2v) is 6.80. The molecular formula is C18H19BrClNO3. The maximum absolute atomic E-state index is 6.22. The monoisotopic (exact) mass is 411 g/mol. The molecule has 128 valence electrons. The molecule has 0 atom stereocenters. The highest BCUT2D eigenvalue weighted by Gasteiger charge is 2.20. The van der Waals surface area contributed by atoms with Crippen molar-refractivity contribution in [1.29, 1.82) is 0 Å². The van der Waals surface area contributed by atoms with Crippen molar-refractivity contribution < 1.29 is 14.2 Å². The summed E-state index contributed by atoms with van der Waals surface area (Å²) in [6.45, 7) is 4.65. The molecule has 1 aliphatic rings. The first kappa shape index (κ1) is 17.4. The van der Waals surface area contributed by atoms with Crippen LogP contribution in [0.25, 0.3) is 0 Å². The van der Waals surface area contributed by atoms with Crippen LogP contribution < -0.4 is 19.5 Å². The summed E-state index contributed by atoms with van der Waals surface area (Å²) in [4.78, 5) is 0. The van der Waals surface area contributed by atoms with Crippen LogP contribution in [0, 0.1) is 0 Å². The van der Waals surface area contributed by atoms with Crippen molar-refractivity contribution in [2.75, 3.05) is 19.7 Å². The highest BCUT2D eigenvalue weighted by atomic mass is 79.9. The van der Waals surface area contributed by atoms with Gasteiger partial charge < -0.3 is 19.5 Å². The quantitative estimate of drug-likeness (QED) is 0.730. The number of ether oxygens (including phenoxy) is 3. The largest absolute Gasteiger partial charge is 0.492 e. The molecule has 2 aromatic rings. The zero-order valence-corrected chi connectivity index (χ0v) is 15.7. The van der Waals surface area contributed by atoms with Crippen LogP contribution in [-0.4, -0.2) is 25.8 Å². The van der Waals surface area contributed by atoms with Crippen molar-refractivity contribution in [3.05, 3.63) is 51.5 Å². The van der Waals surface area contributed by atoms with Gasteiger partial charge >= 0.3 is 0 Å². The Morgan fingerprint density at radius 2 is 1.88 bits per heavy atom. The predicted octanol–water partition coefficient (Wildman–Crippen LogP) is 4.43. The smallest absolute Gasteiger partial charge is 0.162 e. The molecule has 24 heavy (non-hydrogen) atoms. The first-order valence-corrected chi connectivity index (χ1v) is 9.03. The maximum atomic E-state index is 6.22. The van der Waals surface area contributed by atoms with Gasteiger partial charge in [-0.1, -0.05) is 33.6 Å². The lowest BCUT2D eigenvalue weighted by atomic mass is 10.2. The molecule has 0 aliphatic carbocycles. The molecule has 0 spiro atoms. The van der Waals surface area contributed by atoms with Gasteiger partial charge in [0.15, 0.2) is 11.5 Å². The molecule has 2 aromatic carbocycles. The van der Waals surface area contributed by atoms with Crippen LogP contribution in [0.5, 0.6) is 17.2 Å². The number of hydrogen-bond donors (Lipinski definition) is 1. The van der Waals surface area contributed by atoms with Gasteiger partial charge in [0.05, 0.1) is 11.6 Å². The minimum absolute atomic E-state index is 0.196. The predicted molar refractivity (Wildman–Crippen MR) is 98.4 cm³/mol. The standard InChI is InChI=1S/C18H19BrClNO3/c1-2-22-16-5-3-12(7-15(16)20)11-23-17-6-4-13(19)8-18(17)24-14-9-21-10-14/h3-8,14,21H,2,9-11H2,1H3. The first-order chi connectivity index (χ1) is 11.7. The van der Waals surface area contributed by atoms with E-state index < -0.39 is 0 Å². The molecule has 0 bridgehead atoms. The molecule has 0 unspecified atom stereocenters. The summed E-state index contributed by atoms with van der Waals surface area (Å²) in [5.74, 6) is 2.15. The van der Waals surface area contributed by atoms with E-state index in [1.165, 1.54) is 0 Å².